The van der Waals surface area contributed by atoms with Gasteiger partial charge in [-0.15, -0.1) is 0 Å². The number of furan rings is 1. The molecule has 2 aliphatic rings. The lowest BCUT2D eigenvalue weighted by Crippen LogP contribution is -2.35. The van der Waals surface area contributed by atoms with Gasteiger partial charge in [-0.25, -0.2) is 0 Å². The highest BCUT2D eigenvalue weighted by Gasteiger charge is 2.33. The summed E-state index contributed by atoms with van der Waals surface area (Å²) < 4.78 is 5.43. The largest absolute Gasteiger partial charge is 0.468 e. The molecule has 0 saturated heterocycles. The summed E-state index contributed by atoms with van der Waals surface area (Å²) in [5, 5.41) is 0. The fourth-order valence-corrected chi connectivity index (χ4v) is 2.92. The molecule has 2 fully saturated rings. The zero-order valence-corrected chi connectivity index (χ0v) is 10.8. The standard InChI is InChI=1S/C15H21NO2/c17-15-6-2-1-4-12(15)10-16(13-7-8-13)11-14-5-3-9-18-14/h3,5,9,12-13H,1-2,4,6-8,10-11H2. The topological polar surface area (TPSA) is 33.5 Å². The summed E-state index contributed by atoms with van der Waals surface area (Å²) in [5.74, 6) is 1.77. The number of carbonyl (C=O) groups is 1. The molecule has 0 spiro atoms. The van der Waals surface area contributed by atoms with Crippen LogP contribution in [0.25, 0.3) is 0 Å². The van der Waals surface area contributed by atoms with Crippen molar-refractivity contribution in [2.45, 2.75) is 51.1 Å². The van der Waals surface area contributed by atoms with E-state index < -0.39 is 0 Å². The van der Waals surface area contributed by atoms with E-state index >= 15 is 0 Å². The summed E-state index contributed by atoms with van der Waals surface area (Å²) in [6.07, 6.45) is 8.48. The maximum atomic E-state index is 11.9. The van der Waals surface area contributed by atoms with Crippen LogP contribution in [0.1, 0.15) is 44.3 Å². The third-order valence-electron chi connectivity index (χ3n) is 4.14. The number of hydrogen-bond acceptors (Lipinski definition) is 3. The molecule has 0 aromatic carbocycles. The molecule has 2 saturated carbocycles. The lowest BCUT2D eigenvalue weighted by atomic mass is 9.87. The molecule has 0 radical (unpaired) electrons. The van der Waals surface area contributed by atoms with E-state index in [1.54, 1.807) is 6.26 Å². The van der Waals surface area contributed by atoms with E-state index in [2.05, 4.69) is 4.90 Å². The quantitative estimate of drug-likeness (QED) is 0.802. The van der Waals surface area contributed by atoms with Crippen molar-refractivity contribution >= 4 is 5.78 Å². The van der Waals surface area contributed by atoms with Crippen molar-refractivity contribution in [2.24, 2.45) is 5.92 Å². The molecule has 1 heterocycles. The van der Waals surface area contributed by atoms with Crippen molar-refractivity contribution in [3.63, 3.8) is 0 Å². The highest BCUT2D eigenvalue weighted by Crippen LogP contribution is 2.31. The SMILES string of the molecule is O=C1CCCCC1CN(Cc1ccco1)C1CC1. The van der Waals surface area contributed by atoms with Crippen LogP contribution in [0.2, 0.25) is 0 Å². The van der Waals surface area contributed by atoms with E-state index in [-0.39, 0.29) is 5.92 Å². The first-order valence-electron chi connectivity index (χ1n) is 7.12. The van der Waals surface area contributed by atoms with Gasteiger partial charge in [0.05, 0.1) is 12.8 Å². The highest BCUT2D eigenvalue weighted by molar-refractivity contribution is 5.81. The van der Waals surface area contributed by atoms with E-state index in [9.17, 15) is 4.79 Å². The molecule has 18 heavy (non-hydrogen) atoms. The number of Topliss-reactive ketones (excluding diaryl/α,β-unsaturated/α-hetero) is 1. The summed E-state index contributed by atoms with van der Waals surface area (Å²) in [5.41, 5.74) is 0. The average molecular weight is 247 g/mol. The Morgan fingerprint density at radius 3 is 2.83 bits per heavy atom. The molecule has 2 aliphatic carbocycles. The monoisotopic (exact) mass is 247 g/mol. The number of ketones is 1. The van der Waals surface area contributed by atoms with Crippen LogP contribution in [0, 0.1) is 5.92 Å². The maximum absolute atomic E-state index is 11.9. The van der Waals surface area contributed by atoms with Gasteiger partial charge in [-0.3, -0.25) is 9.69 Å². The Kier molecular flexibility index (Phi) is 3.50. The van der Waals surface area contributed by atoms with Crippen LogP contribution in [0.4, 0.5) is 0 Å². The molecule has 3 nitrogen and oxygen atoms in total. The highest BCUT2D eigenvalue weighted by atomic mass is 16.3. The van der Waals surface area contributed by atoms with E-state index in [0.717, 1.165) is 38.1 Å². The van der Waals surface area contributed by atoms with Gasteiger partial charge in [0.1, 0.15) is 11.5 Å². The Morgan fingerprint density at radius 1 is 1.28 bits per heavy atom. The number of rotatable bonds is 5. The van der Waals surface area contributed by atoms with Crippen LogP contribution in [-0.2, 0) is 11.3 Å². The molecule has 1 aromatic rings. The van der Waals surface area contributed by atoms with Gasteiger partial charge in [-0.1, -0.05) is 6.42 Å². The zero-order valence-electron chi connectivity index (χ0n) is 10.8. The van der Waals surface area contributed by atoms with Crippen LogP contribution in [0.5, 0.6) is 0 Å². The van der Waals surface area contributed by atoms with E-state index in [0.29, 0.717) is 11.8 Å². The second kappa shape index (κ2) is 5.27. The first-order valence-corrected chi connectivity index (χ1v) is 7.12. The Bertz CT molecular complexity index is 395. The van der Waals surface area contributed by atoms with Crippen molar-refractivity contribution in [1.29, 1.82) is 0 Å². The van der Waals surface area contributed by atoms with Crippen molar-refractivity contribution < 1.29 is 9.21 Å². The van der Waals surface area contributed by atoms with Gasteiger partial charge >= 0.3 is 0 Å². The molecule has 98 valence electrons. The molecular weight excluding hydrogens is 226 g/mol. The first kappa shape index (κ1) is 12.0. The second-order valence-electron chi connectivity index (χ2n) is 5.65. The molecule has 1 aromatic heterocycles. The lowest BCUT2D eigenvalue weighted by molar-refractivity contribution is -0.125. The summed E-state index contributed by atoms with van der Waals surface area (Å²) in [6, 6.07) is 4.65. The van der Waals surface area contributed by atoms with Crippen LogP contribution in [0.3, 0.4) is 0 Å². The summed E-state index contributed by atoms with van der Waals surface area (Å²) in [7, 11) is 0. The molecule has 0 N–H and O–H groups in total. The molecule has 3 heteroatoms. The lowest BCUT2D eigenvalue weighted by Gasteiger charge is -2.28. The van der Waals surface area contributed by atoms with E-state index in [1.165, 1.54) is 19.3 Å². The van der Waals surface area contributed by atoms with E-state index in [1.807, 2.05) is 12.1 Å². The Balaban J connectivity index is 1.61. The average Bonchev–Trinajstić information content (AvgIpc) is 3.10. The van der Waals surface area contributed by atoms with Gasteiger partial charge in [0, 0.05) is 24.9 Å². The minimum Gasteiger partial charge on any atom is -0.468 e. The minimum atomic E-state index is 0.273. The second-order valence-corrected chi connectivity index (χ2v) is 5.65. The van der Waals surface area contributed by atoms with Crippen LogP contribution in [0.15, 0.2) is 22.8 Å². The summed E-state index contributed by atoms with van der Waals surface area (Å²) in [6.45, 7) is 1.80. The molecule has 0 aliphatic heterocycles. The summed E-state index contributed by atoms with van der Waals surface area (Å²) in [4.78, 5) is 14.4. The molecular formula is C15H21NO2. The Hall–Kier alpha value is -1.09. The summed E-state index contributed by atoms with van der Waals surface area (Å²) >= 11 is 0. The van der Waals surface area contributed by atoms with Gasteiger partial charge in [0.2, 0.25) is 0 Å². The smallest absolute Gasteiger partial charge is 0.137 e. The van der Waals surface area contributed by atoms with Crippen LogP contribution < -0.4 is 0 Å². The Morgan fingerprint density at radius 2 is 2.17 bits per heavy atom. The maximum Gasteiger partial charge on any atom is 0.137 e. The fraction of sp³-hybridized carbons (Fsp3) is 0.667. The minimum absolute atomic E-state index is 0.273. The predicted octanol–water partition coefficient (Wildman–Crippen LogP) is 3.00. The first-order chi connectivity index (χ1) is 8.83. The van der Waals surface area contributed by atoms with Gasteiger partial charge < -0.3 is 4.42 Å². The molecule has 1 atom stereocenters. The normalized spacial score (nSPS) is 24.7. The Labute approximate surface area is 108 Å². The van der Waals surface area contributed by atoms with Crippen molar-refractivity contribution in [2.75, 3.05) is 6.54 Å². The van der Waals surface area contributed by atoms with Gasteiger partial charge in [-0.2, -0.15) is 0 Å². The van der Waals surface area contributed by atoms with Crippen molar-refractivity contribution in [3.05, 3.63) is 24.2 Å². The molecule has 1 unspecified atom stereocenters. The van der Waals surface area contributed by atoms with E-state index in [4.69, 9.17) is 4.42 Å². The van der Waals surface area contributed by atoms with Gasteiger partial charge in [-0.05, 0) is 37.8 Å². The predicted molar refractivity (Wildman–Crippen MR) is 69.1 cm³/mol. The number of nitrogens with zero attached hydrogens (tertiary/aromatic N) is 1. The van der Waals surface area contributed by atoms with Crippen molar-refractivity contribution in [1.82, 2.24) is 4.90 Å². The third-order valence-corrected chi connectivity index (χ3v) is 4.14. The van der Waals surface area contributed by atoms with Crippen molar-refractivity contribution in [3.8, 4) is 0 Å². The van der Waals surface area contributed by atoms with Gasteiger partial charge in [0.25, 0.3) is 0 Å². The molecule has 0 bridgehead atoms. The van der Waals surface area contributed by atoms with Gasteiger partial charge in [0.15, 0.2) is 0 Å². The fourth-order valence-electron chi connectivity index (χ4n) is 2.92. The zero-order chi connectivity index (χ0) is 12.4. The number of hydrogen-bond donors (Lipinski definition) is 0. The number of carbonyl (C=O) groups excluding carboxylic acids is 1. The third kappa shape index (κ3) is 2.83. The molecule has 0 amide bonds. The van der Waals surface area contributed by atoms with Crippen LogP contribution in [-0.4, -0.2) is 23.3 Å². The molecule has 3 rings (SSSR count). The van der Waals surface area contributed by atoms with Crippen LogP contribution >= 0.6 is 0 Å².